The Morgan fingerprint density at radius 3 is 2.29 bits per heavy atom. The van der Waals surface area contributed by atoms with E-state index in [9.17, 15) is 8.78 Å². The number of thiophene rings is 1. The monoisotopic (exact) mass is 380 g/mol. The van der Waals surface area contributed by atoms with Crippen LogP contribution in [0.3, 0.4) is 0 Å². The molecule has 0 fully saturated rings. The summed E-state index contributed by atoms with van der Waals surface area (Å²) in [6.07, 6.45) is 0. The Kier molecular flexibility index (Phi) is 4.00. The van der Waals surface area contributed by atoms with Gasteiger partial charge in [-0.2, -0.15) is 0 Å². The first kappa shape index (κ1) is 13.2. The predicted octanol–water partition coefficient (Wildman–Crippen LogP) is 5.58. The molecule has 1 aromatic carbocycles. The Morgan fingerprint density at radius 2 is 1.82 bits per heavy atom. The van der Waals surface area contributed by atoms with Crippen LogP contribution >= 0.6 is 43.2 Å². The highest BCUT2D eigenvalue weighted by molar-refractivity contribution is 9.11. The zero-order chi connectivity index (χ0) is 12.6. The normalized spacial score (nSPS) is 12.8. The molecule has 0 aliphatic carbocycles. The quantitative estimate of drug-likeness (QED) is 0.595. The van der Waals surface area contributed by atoms with E-state index in [1.54, 1.807) is 0 Å². The van der Waals surface area contributed by atoms with E-state index in [1.807, 2.05) is 13.0 Å². The van der Waals surface area contributed by atoms with Crippen LogP contribution in [0.1, 0.15) is 20.8 Å². The van der Waals surface area contributed by atoms with E-state index in [-0.39, 0.29) is 5.56 Å². The maximum Gasteiger partial charge on any atom is 0.130 e. The number of benzene rings is 1. The van der Waals surface area contributed by atoms with Gasteiger partial charge >= 0.3 is 0 Å². The highest BCUT2D eigenvalue weighted by Crippen LogP contribution is 2.40. The Labute approximate surface area is 119 Å². The second kappa shape index (κ2) is 5.16. The second-order valence-electron chi connectivity index (χ2n) is 3.60. The van der Waals surface area contributed by atoms with E-state index < -0.39 is 16.5 Å². The van der Waals surface area contributed by atoms with Gasteiger partial charge in [0, 0.05) is 10.4 Å². The third kappa shape index (κ3) is 2.61. The first-order valence-electron chi connectivity index (χ1n) is 4.84. The van der Waals surface area contributed by atoms with Crippen LogP contribution in [0.5, 0.6) is 0 Å². The number of halogens is 4. The molecule has 2 aromatic rings. The highest BCUT2D eigenvalue weighted by Gasteiger charge is 2.21. The number of aryl methyl sites for hydroxylation is 1. The number of hydrogen-bond acceptors (Lipinski definition) is 1. The van der Waals surface area contributed by atoms with Crippen molar-refractivity contribution in [1.82, 2.24) is 0 Å². The van der Waals surface area contributed by atoms with Gasteiger partial charge < -0.3 is 0 Å². The summed E-state index contributed by atoms with van der Waals surface area (Å²) >= 11 is 8.23. The molecule has 0 N–H and O–H groups in total. The highest BCUT2D eigenvalue weighted by atomic mass is 79.9. The lowest BCUT2D eigenvalue weighted by atomic mass is 10.1. The van der Waals surface area contributed by atoms with Crippen LogP contribution < -0.4 is 0 Å². The van der Waals surface area contributed by atoms with Crippen molar-refractivity contribution >= 4 is 43.2 Å². The van der Waals surface area contributed by atoms with Crippen molar-refractivity contribution in [3.05, 3.63) is 55.7 Å². The van der Waals surface area contributed by atoms with Crippen LogP contribution in [0.15, 0.2) is 28.1 Å². The molecular weight excluding hydrogens is 374 g/mol. The first-order chi connectivity index (χ1) is 8.00. The average molecular weight is 382 g/mol. The van der Waals surface area contributed by atoms with E-state index in [1.165, 1.54) is 29.5 Å². The molecule has 0 spiro atoms. The van der Waals surface area contributed by atoms with E-state index >= 15 is 0 Å². The van der Waals surface area contributed by atoms with Crippen molar-refractivity contribution in [2.45, 2.75) is 11.8 Å². The van der Waals surface area contributed by atoms with Gasteiger partial charge in [0.05, 0.1) is 8.61 Å². The van der Waals surface area contributed by atoms with Crippen LogP contribution in [0, 0.1) is 18.6 Å². The summed E-state index contributed by atoms with van der Waals surface area (Å²) < 4.78 is 28.2. The maximum absolute atomic E-state index is 13.6. The van der Waals surface area contributed by atoms with E-state index in [0.29, 0.717) is 0 Å². The van der Waals surface area contributed by atoms with Gasteiger partial charge in [-0.15, -0.1) is 11.3 Å². The molecule has 0 bridgehead atoms. The Bertz CT molecular complexity index is 512. The molecule has 90 valence electrons. The van der Waals surface area contributed by atoms with Crippen molar-refractivity contribution in [3.63, 3.8) is 0 Å². The molecule has 0 aliphatic rings. The molecule has 0 saturated heterocycles. The SMILES string of the molecule is Cc1cc(C(Br)c2c(F)cccc2F)sc1Br. The van der Waals surface area contributed by atoms with Crippen molar-refractivity contribution in [2.24, 2.45) is 0 Å². The van der Waals surface area contributed by atoms with E-state index in [2.05, 4.69) is 31.9 Å². The smallest absolute Gasteiger partial charge is 0.130 e. The van der Waals surface area contributed by atoms with Gasteiger partial charge in [-0.25, -0.2) is 8.78 Å². The summed E-state index contributed by atoms with van der Waals surface area (Å²) in [5.74, 6) is -1.07. The van der Waals surface area contributed by atoms with Crippen LogP contribution in [0.2, 0.25) is 0 Å². The van der Waals surface area contributed by atoms with Gasteiger partial charge in [-0.05, 0) is 46.6 Å². The summed E-state index contributed by atoms with van der Waals surface area (Å²) in [6.45, 7) is 1.95. The first-order valence-corrected chi connectivity index (χ1v) is 7.37. The summed E-state index contributed by atoms with van der Waals surface area (Å²) in [5, 5.41) is 0. The van der Waals surface area contributed by atoms with Crippen LogP contribution in [-0.4, -0.2) is 0 Å². The summed E-state index contributed by atoms with van der Waals surface area (Å²) in [5.41, 5.74) is 1.12. The van der Waals surface area contributed by atoms with Gasteiger partial charge in [0.1, 0.15) is 11.6 Å². The molecule has 0 radical (unpaired) electrons. The van der Waals surface area contributed by atoms with Crippen LogP contribution in [0.4, 0.5) is 8.78 Å². The summed E-state index contributed by atoms with van der Waals surface area (Å²) in [7, 11) is 0. The number of alkyl halides is 1. The molecule has 0 saturated carbocycles. The van der Waals surface area contributed by atoms with Gasteiger partial charge in [-0.1, -0.05) is 22.0 Å². The lowest BCUT2D eigenvalue weighted by Crippen LogP contribution is -1.98. The molecule has 17 heavy (non-hydrogen) atoms. The van der Waals surface area contributed by atoms with Crippen LogP contribution in [0.25, 0.3) is 0 Å². The topological polar surface area (TPSA) is 0 Å². The zero-order valence-electron chi connectivity index (χ0n) is 8.81. The Balaban J connectivity index is 2.47. The second-order valence-corrected chi connectivity index (χ2v) is 6.92. The third-order valence-corrected chi connectivity index (χ3v) is 5.83. The fourth-order valence-corrected chi connectivity index (χ4v) is 3.91. The standard InChI is InChI=1S/C12H8Br2F2S/c1-6-5-9(17-12(6)14)11(13)10-7(15)3-2-4-8(10)16/h2-5,11H,1H3. The molecule has 5 heteroatoms. The average Bonchev–Trinajstić information content (AvgIpc) is 2.59. The number of rotatable bonds is 2. The van der Waals surface area contributed by atoms with Crippen LogP contribution in [-0.2, 0) is 0 Å². The maximum atomic E-state index is 13.6. The minimum absolute atomic E-state index is 0.0567. The zero-order valence-corrected chi connectivity index (χ0v) is 12.8. The summed E-state index contributed by atoms with van der Waals surface area (Å²) in [4.78, 5) is 0.414. The Hall–Kier alpha value is -0.260. The van der Waals surface area contributed by atoms with Crippen molar-refractivity contribution < 1.29 is 8.78 Å². The largest absolute Gasteiger partial charge is 0.207 e. The molecule has 2 rings (SSSR count). The lowest BCUT2D eigenvalue weighted by molar-refractivity contribution is 0.561. The predicted molar refractivity (Wildman–Crippen MR) is 73.9 cm³/mol. The van der Waals surface area contributed by atoms with Gasteiger partial charge in [0.15, 0.2) is 0 Å². The van der Waals surface area contributed by atoms with Crippen molar-refractivity contribution in [1.29, 1.82) is 0 Å². The minimum Gasteiger partial charge on any atom is -0.207 e. The molecule has 1 atom stereocenters. The van der Waals surface area contributed by atoms with E-state index in [0.717, 1.165) is 14.2 Å². The van der Waals surface area contributed by atoms with Gasteiger partial charge in [0.2, 0.25) is 0 Å². The number of hydrogen-bond donors (Lipinski definition) is 0. The van der Waals surface area contributed by atoms with Crippen molar-refractivity contribution in [3.8, 4) is 0 Å². The molecule has 0 aliphatic heterocycles. The lowest BCUT2D eigenvalue weighted by Gasteiger charge is -2.10. The minimum atomic E-state index is -0.533. The fraction of sp³-hybridized carbons (Fsp3) is 0.167. The third-order valence-electron chi connectivity index (χ3n) is 2.38. The van der Waals surface area contributed by atoms with Crippen molar-refractivity contribution in [2.75, 3.05) is 0 Å². The Morgan fingerprint density at radius 1 is 1.24 bits per heavy atom. The molecule has 0 amide bonds. The van der Waals surface area contributed by atoms with Gasteiger partial charge in [-0.3, -0.25) is 0 Å². The molecule has 1 aromatic heterocycles. The molecule has 1 heterocycles. The summed E-state index contributed by atoms with van der Waals surface area (Å²) in [6, 6.07) is 5.81. The molecular formula is C12H8Br2F2S. The molecule has 1 unspecified atom stereocenters. The van der Waals surface area contributed by atoms with E-state index in [4.69, 9.17) is 0 Å². The van der Waals surface area contributed by atoms with Gasteiger partial charge in [0.25, 0.3) is 0 Å². The molecule has 0 nitrogen and oxygen atoms in total. The fourth-order valence-electron chi connectivity index (χ4n) is 1.50.